The third-order valence-corrected chi connectivity index (χ3v) is 5.93. The minimum absolute atomic E-state index is 0.0122. The third kappa shape index (κ3) is 3.54. The molecule has 0 radical (unpaired) electrons. The molecule has 1 atom stereocenters. The Labute approximate surface area is 178 Å². The standard InChI is InChI=1S/C21H23N7O3/c1-13-3-4-15(8-22-13)20-18(14(2)31-25-20)12-28-19(29)7-16(10-24-28)26-5-6-27-17(11-26)9-23-21(27)30/h3-4,7-8,10,17H,5-6,9,11-12H2,1-2H3,(H,23,30)/t17-/m1/s1. The number of carbonyl (C=O) groups is 1. The molecule has 2 fully saturated rings. The van der Waals surface area contributed by atoms with E-state index in [1.807, 2.05) is 30.9 Å². The summed E-state index contributed by atoms with van der Waals surface area (Å²) in [6.45, 7) is 6.61. The Morgan fingerprint density at radius 3 is 2.84 bits per heavy atom. The fraction of sp³-hybridized carbons (Fsp3) is 0.381. The second-order valence-corrected chi connectivity index (χ2v) is 7.94. The lowest BCUT2D eigenvalue weighted by atomic mass is 10.1. The number of urea groups is 1. The molecule has 3 aromatic heterocycles. The maximum Gasteiger partial charge on any atom is 0.317 e. The highest BCUT2D eigenvalue weighted by molar-refractivity contribution is 5.77. The maximum atomic E-state index is 12.8. The number of carbonyl (C=O) groups excluding carboxylic acids is 1. The topological polar surface area (TPSA) is 109 Å². The van der Waals surface area contributed by atoms with Crippen molar-refractivity contribution >= 4 is 11.7 Å². The van der Waals surface area contributed by atoms with E-state index in [-0.39, 0.29) is 24.2 Å². The highest BCUT2D eigenvalue weighted by atomic mass is 16.5. The van der Waals surface area contributed by atoms with Gasteiger partial charge >= 0.3 is 6.03 Å². The van der Waals surface area contributed by atoms with E-state index in [2.05, 4.69) is 25.5 Å². The number of amides is 2. The highest BCUT2D eigenvalue weighted by Gasteiger charge is 2.35. The average molecular weight is 421 g/mol. The van der Waals surface area contributed by atoms with E-state index in [1.54, 1.807) is 18.5 Å². The van der Waals surface area contributed by atoms with Crippen molar-refractivity contribution in [1.29, 1.82) is 0 Å². The van der Waals surface area contributed by atoms with Crippen LogP contribution in [0.4, 0.5) is 10.5 Å². The lowest BCUT2D eigenvalue weighted by Crippen LogP contribution is -2.52. The summed E-state index contributed by atoms with van der Waals surface area (Å²) in [6, 6.07) is 5.55. The van der Waals surface area contributed by atoms with Crippen LogP contribution >= 0.6 is 0 Å². The van der Waals surface area contributed by atoms with Gasteiger partial charge in [-0.25, -0.2) is 9.48 Å². The predicted molar refractivity (Wildman–Crippen MR) is 113 cm³/mol. The number of nitrogens with zero attached hydrogens (tertiary/aromatic N) is 6. The van der Waals surface area contributed by atoms with Crippen LogP contribution in [0.15, 0.2) is 39.9 Å². The van der Waals surface area contributed by atoms with E-state index in [4.69, 9.17) is 4.52 Å². The number of fused-ring (bicyclic) bond motifs is 1. The van der Waals surface area contributed by atoms with E-state index >= 15 is 0 Å². The second-order valence-electron chi connectivity index (χ2n) is 7.94. The van der Waals surface area contributed by atoms with Gasteiger partial charge in [-0.1, -0.05) is 5.16 Å². The summed E-state index contributed by atoms with van der Waals surface area (Å²) in [5, 5.41) is 11.4. The Balaban J connectivity index is 1.37. The van der Waals surface area contributed by atoms with Crippen LogP contribution in [0, 0.1) is 13.8 Å². The molecule has 0 saturated carbocycles. The first-order valence-electron chi connectivity index (χ1n) is 10.2. The van der Waals surface area contributed by atoms with Crippen molar-refractivity contribution in [1.82, 2.24) is 30.1 Å². The van der Waals surface area contributed by atoms with Crippen LogP contribution in [0.1, 0.15) is 17.0 Å². The molecule has 2 saturated heterocycles. The molecule has 10 heteroatoms. The SMILES string of the molecule is Cc1ccc(-c2noc(C)c2Cn2ncc(N3CCN4C(=O)NC[C@@H]4C3)cc2=O)cn1. The highest BCUT2D eigenvalue weighted by Crippen LogP contribution is 2.25. The minimum atomic E-state index is -0.200. The number of rotatable bonds is 4. The fourth-order valence-electron chi connectivity index (χ4n) is 4.12. The van der Waals surface area contributed by atoms with Crippen molar-refractivity contribution < 1.29 is 9.32 Å². The van der Waals surface area contributed by atoms with Gasteiger partial charge in [0.1, 0.15) is 11.5 Å². The summed E-state index contributed by atoms with van der Waals surface area (Å²) in [5.74, 6) is 0.642. The molecule has 3 aromatic rings. The molecular weight excluding hydrogens is 398 g/mol. The number of nitrogens with one attached hydrogen (secondary N) is 1. The van der Waals surface area contributed by atoms with Gasteiger partial charge in [0.2, 0.25) is 0 Å². The number of aryl methyl sites for hydroxylation is 2. The fourth-order valence-corrected chi connectivity index (χ4v) is 4.12. The number of piperazine rings is 1. The van der Waals surface area contributed by atoms with Crippen LogP contribution in [0.2, 0.25) is 0 Å². The summed E-state index contributed by atoms with van der Waals surface area (Å²) < 4.78 is 6.80. The molecule has 10 nitrogen and oxygen atoms in total. The van der Waals surface area contributed by atoms with Gasteiger partial charge in [0.05, 0.1) is 24.5 Å². The molecule has 160 valence electrons. The second kappa shape index (κ2) is 7.53. The first kappa shape index (κ1) is 19.3. The summed E-state index contributed by atoms with van der Waals surface area (Å²) in [4.78, 5) is 32.9. The molecule has 2 aliphatic heterocycles. The van der Waals surface area contributed by atoms with E-state index < -0.39 is 0 Å². The summed E-state index contributed by atoms with van der Waals surface area (Å²) in [6.07, 6.45) is 3.45. The van der Waals surface area contributed by atoms with E-state index in [0.717, 1.165) is 22.5 Å². The lowest BCUT2D eigenvalue weighted by molar-refractivity contribution is 0.197. The van der Waals surface area contributed by atoms with Crippen LogP contribution in [0.5, 0.6) is 0 Å². The zero-order valence-electron chi connectivity index (χ0n) is 17.4. The molecule has 2 aliphatic rings. The number of aromatic nitrogens is 4. The van der Waals surface area contributed by atoms with E-state index in [0.29, 0.717) is 37.6 Å². The van der Waals surface area contributed by atoms with Crippen molar-refractivity contribution in [2.45, 2.75) is 26.4 Å². The largest absolute Gasteiger partial charge is 0.366 e. The van der Waals surface area contributed by atoms with Gasteiger partial charge in [0.25, 0.3) is 5.56 Å². The molecule has 0 aromatic carbocycles. The molecule has 0 bridgehead atoms. The van der Waals surface area contributed by atoms with Gasteiger partial charge in [-0.15, -0.1) is 0 Å². The van der Waals surface area contributed by atoms with Gasteiger partial charge in [0, 0.05) is 55.3 Å². The Kier molecular flexibility index (Phi) is 4.68. The number of anilines is 1. The van der Waals surface area contributed by atoms with Crippen LogP contribution in [-0.2, 0) is 6.54 Å². The Bertz CT molecular complexity index is 1180. The van der Waals surface area contributed by atoms with Crippen LogP contribution in [-0.4, -0.2) is 63.1 Å². The Morgan fingerprint density at radius 1 is 1.19 bits per heavy atom. The molecule has 0 spiro atoms. The van der Waals surface area contributed by atoms with Gasteiger partial charge < -0.3 is 19.6 Å². The summed E-state index contributed by atoms with van der Waals surface area (Å²) in [5.41, 5.74) is 3.78. The summed E-state index contributed by atoms with van der Waals surface area (Å²) in [7, 11) is 0. The Hall–Kier alpha value is -3.69. The van der Waals surface area contributed by atoms with Gasteiger partial charge in [-0.3, -0.25) is 9.78 Å². The van der Waals surface area contributed by atoms with Crippen molar-refractivity contribution in [2.24, 2.45) is 0 Å². The molecule has 5 rings (SSSR count). The van der Waals surface area contributed by atoms with Crippen molar-refractivity contribution in [2.75, 3.05) is 31.1 Å². The monoisotopic (exact) mass is 421 g/mol. The van der Waals surface area contributed by atoms with Crippen LogP contribution < -0.4 is 15.8 Å². The molecule has 5 heterocycles. The average Bonchev–Trinajstić information content (AvgIpc) is 3.32. The normalized spacial score (nSPS) is 18.3. The smallest absolute Gasteiger partial charge is 0.317 e. The third-order valence-electron chi connectivity index (χ3n) is 5.93. The zero-order chi connectivity index (χ0) is 21.5. The van der Waals surface area contributed by atoms with E-state index in [9.17, 15) is 9.59 Å². The molecular formula is C21H23N7O3. The van der Waals surface area contributed by atoms with Crippen LogP contribution in [0.25, 0.3) is 11.3 Å². The van der Waals surface area contributed by atoms with Gasteiger partial charge in [-0.2, -0.15) is 5.10 Å². The Morgan fingerprint density at radius 2 is 2.06 bits per heavy atom. The first-order valence-corrected chi connectivity index (χ1v) is 10.2. The number of pyridine rings is 1. The van der Waals surface area contributed by atoms with Gasteiger partial charge in [-0.05, 0) is 26.0 Å². The molecule has 1 N–H and O–H groups in total. The minimum Gasteiger partial charge on any atom is -0.366 e. The first-order chi connectivity index (χ1) is 15.0. The van der Waals surface area contributed by atoms with Crippen LogP contribution in [0.3, 0.4) is 0 Å². The van der Waals surface area contributed by atoms with Crippen molar-refractivity contribution in [3.05, 3.63) is 58.0 Å². The molecule has 0 unspecified atom stereocenters. The lowest BCUT2D eigenvalue weighted by Gasteiger charge is -2.37. The van der Waals surface area contributed by atoms with Gasteiger partial charge in [0.15, 0.2) is 0 Å². The van der Waals surface area contributed by atoms with Crippen molar-refractivity contribution in [3.8, 4) is 11.3 Å². The number of hydrogen-bond donors (Lipinski definition) is 1. The predicted octanol–water partition coefficient (Wildman–Crippen LogP) is 1.17. The van der Waals surface area contributed by atoms with Crippen molar-refractivity contribution in [3.63, 3.8) is 0 Å². The quantitative estimate of drug-likeness (QED) is 0.673. The number of hydrogen-bond acceptors (Lipinski definition) is 7. The molecule has 31 heavy (non-hydrogen) atoms. The molecule has 0 aliphatic carbocycles. The summed E-state index contributed by atoms with van der Waals surface area (Å²) >= 11 is 0. The van der Waals surface area contributed by atoms with E-state index in [1.165, 1.54) is 4.68 Å². The maximum absolute atomic E-state index is 12.8. The molecule has 2 amide bonds. The zero-order valence-corrected chi connectivity index (χ0v) is 17.4.